The van der Waals surface area contributed by atoms with Crippen molar-refractivity contribution in [2.45, 2.75) is 45.1 Å². The summed E-state index contributed by atoms with van der Waals surface area (Å²) in [6, 6.07) is 6.62. The van der Waals surface area contributed by atoms with Gasteiger partial charge in [0.1, 0.15) is 0 Å². The fourth-order valence-corrected chi connectivity index (χ4v) is 2.80. The number of hydrogen-bond donors (Lipinski definition) is 1. The first kappa shape index (κ1) is 14.5. The highest BCUT2D eigenvalue weighted by molar-refractivity contribution is 5.80. The van der Waals surface area contributed by atoms with Gasteiger partial charge in [-0.2, -0.15) is 0 Å². The number of nitrogens with zero attached hydrogens (tertiary/aromatic N) is 1. The Hall–Kier alpha value is -1.91. The summed E-state index contributed by atoms with van der Waals surface area (Å²) >= 11 is 0. The van der Waals surface area contributed by atoms with Crippen molar-refractivity contribution in [1.82, 2.24) is 5.32 Å². The molecule has 1 N–H and O–H groups in total. The Labute approximate surface area is 118 Å². The SMILES string of the molecule is CC1CCCCC1NC(=O)Cc1ccccc1[N+](=O)[O-]. The van der Waals surface area contributed by atoms with Crippen molar-refractivity contribution in [3.05, 3.63) is 39.9 Å². The van der Waals surface area contributed by atoms with Crippen molar-refractivity contribution in [2.75, 3.05) is 0 Å². The van der Waals surface area contributed by atoms with E-state index < -0.39 is 4.92 Å². The summed E-state index contributed by atoms with van der Waals surface area (Å²) in [5, 5.41) is 13.9. The standard InChI is InChI=1S/C15H20N2O3/c1-11-6-2-4-8-13(11)16-15(18)10-12-7-3-5-9-14(12)17(19)20/h3,5,7,9,11,13H,2,4,6,8,10H2,1H3,(H,16,18). The van der Waals surface area contributed by atoms with Crippen molar-refractivity contribution < 1.29 is 9.72 Å². The molecule has 2 rings (SSSR count). The topological polar surface area (TPSA) is 72.2 Å². The van der Waals surface area contributed by atoms with Crippen LogP contribution in [0.15, 0.2) is 24.3 Å². The Bertz CT molecular complexity index is 502. The third-order valence-electron chi connectivity index (χ3n) is 4.00. The molecule has 1 amide bonds. The number of carbonyl (C=O) groups excluding carboxylic acids is 1. The molecule has 1 aliphatic rings. The number of nitrogens with one attached hydrogen (secondary N) is 1. The van der Waals surface area contributed by atoms with Crippen molar-refractivity contribution in [2.24, 2.45) is 5.92 Å². The minimum atomic E-state index is -0.439. The summed E-state index contributed by atoms with van der Waals surface area (Å²) in [5.41, 5.74) is 0.484. The van der Waals surface area contributed by atoms with E-state index in [1.54, 1.807) is 18.2 Å². The maximum absolute atomic E-state index is 12.1. The molecule has 108 valence electrons. The quantitative estimate of drug-likeness (QED) is 0.679. The normalized spacial score (nSPS) is 22.2. The van der Waals surface area contributed by atoms with E-state index in [1.165, 1.54) is 12.5 Å². The van der Waals surface area contributed by atoms with Gasteiger partial charge in [-0.05, 0) is 18.8 Å². The number of para-hydroxylation sites is 1. The Morgan fingerprint density at radius 3 is 2.75 bits per heavy atom. The number of nitro benzene ring substituents is 1. The van der Waals surface area contributed by atoms with Gasteiger partial charge in [0, 0.05) is 17.7 Å². The van der Waals surface area contributed by atoms with Gasteiger partial charge in [-0.3, -0.25) is 14.9 Å². The van der Waals surface area contributed by atoms with Crippen LogP contribution in [0.2, 0.25) is 0 Å². The van der Waals surface area contributed by atoms with Crippen molar-refractivity contribution in [3.8, 4) is 0 Å². The summed E-state index contributed by atoms with van der Waals surface area (Å²) in [5.74, 6) is 0.358. The first-order valence-electron chi connectivity index (χ1n) is 7.09. The second kappa shape index (κ2) is 6.50. The molecule has 20 heavy (non-hydrogen) atoms. The van der Waals surface area contributed by atoms with Crippen LogP contribution in [0.25, 0.3) is 0 Å². The van der Waals surface area contributed by atoms with Crippen molar-refractivity contribution >= 4 is 11.6 Å². The molecule has 2 unspecified atom stereocenters. The van der Waals surface area contributed by atoms with Crippen molar-refractivity contribution in [3.63, 3.8) is 0 Å². The lowest BCUT2D eigenvalue weighted by atomic mass is 9.86. The average molecular weight is 276 g/mol. The fraction of sp³-hybridized carbons (Fsp3) is 0.533. The second-order valence-corrected chi connectivity index (χ2v) is 5.50. The molecule has 1 fully saturated rings. The van der Waals surface area contributed by atoms with E-state index in [4.69, 9.17) is 0 Å². The molecular weight excluding hydrogens is 256 g/mol. The molecule has 0 radical (unpaired) electrons. The van der Waals surface area contributed by atoms with E-state index in [2.05, 4.69) is 12.2 Å². The first-order valence-corrected chi connectivity index (χ1v) is 7.09. The largest absolute Gasteiger partial charge is 0.353 e. The molecular formula is C15H20N2O3. The minimum Gasteiger partial charge on any atom is -0.353 e. The predicted molar refractivity (Wildman–Crippen MR) is 76.4 cm³/mol. The maximum Gasteiger partial charge on any atom is 0.273 e. The zero-order valence-corrected chi connectivity index (χ0v) is 11.7. The summed E-state index contributed by atoms with van der Waals surface area (Å²) in [6.45, 7) is 2.15. The molecule has 2 atom stereocenters. The molecule has 0 aromatic heterocycles. The number of hydrogen-bond acceptors (Lipinski definition) is 3. The van der Waals surface area contributed by atoms with Gasteiger partial charge in [0.05, 0.1) is 11.3 Å². The van der Waals surface area contributed by atoms with E-state index in [9.17, 15) is 14.9 Å². The lowest BCUT2D eigenvalue weighted by Gasteiger charge is -2.29. The Morgan fingerprint density at radius 1 is 1.35 bits per heavy atom. The van der Waals surface area contributed by atoms with E-state index >= 15 is 0 Å². The summed E-state index contributed by atoms with van der Waals surface area (Å²) < 4.78 is 0. The molecule has 0 aliphatic heterocycles. The van der Waals surface area contributed by atoms with E-state index in [0.29, 0.717) is 11.5 Å². The highest BCUT2D eigenvalue weighted by Crippen LogP contribution is 2.24. The molecule has 1 aromatic carbocycles. The van der Waals surface area contributed by atoms with E-state index in [1.807, 2.05) is 0 Å². The number of nitro groups is 1. The Balaban J connectivity index is 1.99. The van der Waals surface area contributed by atoms with Crippen LogP contribution < -0.4 is 5.32 Å². The van der Waals surface area contributed by atoms with Crippen molar-refractivity contribution in [1.29, 1.82) is 0 Å². The molecule has 1 aromatic rings. The average Bonchev–Trinajstić information content (AvgIpc) is 2.41. The van der Waals surface area contributed by atoms with Gasteiger partial charge >= 0.3 is 0 Å². The van der Waals surface area contributed by atoms with Gasteiger partial charge in [-0.1, -0.05) is 38.0 Å². The highest BCUT2D eigenvalue weighted by Gasteiger charge is 2.23. The van der Waals surface area contributed by atoms with Gasteiger partial charge in [0.15, 0.2) is 0 Å². The zero-order chi connectivity index (χ0) is 14.5. The maximum atomic E-state index is 12.1. The molecule has 0 heterocycles. The first-order chi connectivity index (χ1) is 9.58. The van der Waals surface area contributed by atoms with Crippen LogP contribution in [-0.4, -0.2) is 16.9 Å². The molecule has 5 heteroatoms. The summed E-state index contributed by atoms with van der Waals surface area (Å²) in [7, 11) is 0. The number of carbonyl (C=O) groups is 1. The predicted octanol–water partition coefficient (Wildman–Crippen LogP) is 2.83. The zero-order valence-electron chi connectivity index (χ0n) is 11.7. The minimum absolute atomic E-state index is 0.0133. The Morgan fingerprint density at radius 2 is 2.05 bits per heavy atom. The summed E-state index contributed by atoms with van der Waals surface area (Å²) in [4.78, 5) is 22.5. The van der Waals surface area contributed by atoms with E-state index in [-0.39, 0.29) is 24.1 Å². The molecule has 0 spiro atoms. The molecule has 0 bridgehead atoms. The smallest absolute Gasteiger partial charge is 0.273 e. The number of amides is 1. The third kappa shape index (κ3) is 3.56. The third-order valence-corrected chi connectivity index (χ3v) is 4.00. The van der Waals surface area contributed by atoms with Crippen LogP contribution in [0, 0.1) is 16.0 Å². The second-order valence-electron chi connectivity index (χ2n) is 5.50. The number of benzene rings is 1. The van der Waals surface area contributed by atoms with Crippen LogP contribution in [0.4, 0.5) is 5.69 Å². The lowest BCUT2D eigenvalue weighted by Crippen LogP contribution is -2.41. The molecule has 1 aliphatic carbocycles. The van der Waals surface area contributed by atoms with Crippen LogP contribution in [0.1, 0.15) is 38.2 Å². The van der Waals surface area contributed by atoms with Crippen LogP contribution in [0.5, 0.6) is 0 Å². The van der Waals surface area contributed by atoms with Gasteiger partial charge < -0.3 is 5.32 Å². The lowest BCUT2D eigenvalue weighted by molar-refractivity contribution is -0.385. The van der Waals surface area contributed by atoms with E-state index in [0.717, 1.165) is 19.3 Å². The monoisotopic (exact) mass is 276 g/mol. The highest BCUT2D eigenvalue weighted by atomic mass is 16.6. The Kier molecular flexibility index (Phi) is 4.71. The molecule has 1 saturated carbocycles. The van der Waals surface area contributed by atoms with Gasteiger partial charge in [0.25, 0.3) is 5.69 Å². The number of rotatable bonds is 4. The molecule has 0 saturated heterocycles. The molecule has 5 nitrogen and oxygen atoms in total. The fourth-order valence-electron chi connectivity index (χ4n) is 2.80. The van der Waals surface area contributed by atoms with Crippen LogP contribution in [0.3, 0.4) is 0 Å². The van der Waals surface area contributed by atoms with Gasteiger partial charge in [0.2, 0.25) is 5.91 Å². The van der Waals surface area contributed by atoms with Gasteiger partial charge in [-0.25, -0.2) is 0 Å². The summed E-state index contributed by atoms with van der Waals surface area (Å²) in [6.07, 6.45) is 4.57. The van der Waals surface area contributed by atoms with Crippen LogP contribution >= 0.6 is 0 Å². The van der Waals surface area contributed by atoms with Gasteiger partial charge in [-0.15, -0.1) is 0 Å². The van der Waals surface area contributed by atoms with Crippen LogP contribution in [-0.2, 0) is 11.2 Å².